The predicted octanol–water partition coefficient (Wildman–Crippen LogP) is 4.13. The maximum atomic E-state index is 6.06. The number of hydrogen-bond acceptors (Lipinski definition) is 1. The molecule has 1 aliphatic heterocycles. The highest BCUT2D eigenvalue weighted by Crippen LogP contribution is 2.19. The zero-order valence-corrected chi connectivity index (χ0v) is 10.6. The van der Waals surface area contributed by atoms with Crippen LogP contribution in [0.5, 0.6) is 0 Å². The van der Waals surface area contributed by atoms with Crippen molar-refractivity contribution in [1.82, 2.24) is 0 Å². The van der Waals surface area contributed by atoms with Crippen LogP contribution in [0.4, 0.5) is 0 Å². The van der Waals surface area contributed by atoms with E-state index >= 15 is 0 Å². The van der Waals surface area contributed by atoms with Gasteiger partial charge < -0.3 is 4.74 Å². The van der Waals surface area contributed by atoms with Crippen molar-refractivity contribution in [2.45, 2.75) is 51.2 Å². The summed E-state index contributed by atoms with van der Waals surface area (Å²) in [6.07, 6.45) is 11.0. The van der Waals surface area contributed by atoms with Crippen molar-refractivity contribution in [3.8, 4) is 0 Å². The fourth-order valence-corrected chi connectivity index (χ4v) is 2.36. The van der Waals surface area contributed by atoms with Gasteiger partial charge in [0.1, 0.15) is 0 Å². The molecule has 0 radical (unpaired) electrons. The molecule has 0 saturated carbocycles. The van der Waals surface area contributed by atoms with Crippen molar-refractivity contribution < 1.29 is 4.74 Å². The molecule has 1 aliphatic rings. The molecule has 0 saturated heterocycles. The Bertz CT molecular complexity index is 342. The van der Waals surface area contributed by atoms with Crippen molar-refractivity contribution in [3.63, 3.8) is 0 Å². The summed E-state index contributed by atoms with van der Waals surface area (Å²) in [7, 11) is 0. The highest BCUT2D eigenvalue weighted by atomic mass is 16.5. The van der Waals surface area contributed by atoms with E-state index in [-0.39, 0.29) is 0 Å². The average molecular weight is 230 g/mol. The third kappa shape index (κ3) is 4.01. The molecule has 0 N–H and O–H groups in total. The molecule has 0 bridgehead atoms. The highest BCUT2D eigenvalue weighted by molar-refractivity contribution is 5.15. The Morgan fingerprint density at radius 3 is 2.76 bits per heavy atom. The largest absolute Gasteiger partial charge is 0.371 e. The summed E-state index contributed by atoms with van der Waals surface area (Å²) in [6.45, 7) is 2.22. The number of rotatable bonds is 5. The lowest BCUT2D eigenvalue weighted by molar-refractivity contribution is -0.00210. The minimum Gasteiger partial charge on any atom is -0.371 e. The second-order valence-electron chi connectivity index (χ2n) is 4.77. The van der Waals surface area contributed by atoms with Gasteiger partial charge in [0.25, 0.3) is 0 Å². The van der Waals surface area contributed by atoms with Crippen molar-refractivity contribution in [2.24, 2.45) is 0 Å². The van der Waals surface area contributed by atoms with E-state index in [9.17, 15) is 0 Å². The Morgan fingerprint density at radius 2 is 2.00 bits per heavy atom. The molecule has 92 valence electrons. The molecule has 1 heteroatoms. The van der Waals surface area contributed by atoms with Crippen LogP contribution in [0.1, 0.15) is 38.2 Å². The number of hydrogen-bond donors (Lipinski definition) is 0. The molecule has 2 rings (SSSR count). The van der Waals surface area contributed by atoms with E-state index in [2.05, 4.69) is 49.4 Å². The van der Waals surface area contributed by atoms with E-state index < -0.39 is 0 Å². The monoisotopic (exact) mass is 230 g/mol. The van der Waals surface area contributed by atoms with Crippen LogP contribution in [0.25, 0.3) is 0 Å². The maximum absolute atomic E-state index is 6.06. The van der Waals surface area contributed by atoms with Crippen LogP contribution in [0, 0.1) is 0 Å². The van der Waals surface area contributed by atoms with Gasteiger partial charge in [-0.05, 0) is 31.2 Å². The minimum absolute atomic E-state index is 0.320. The minimum atomic E-state index is 0.320. The Hall–Kier alpha value is -1.08. The zero-order valence-electron chi connectivity index (χ0n) is 10.6. The normalized spacial score (nSPS) is 23.8. The Kier molecular flexibility index (Phi) is 4.81. The molecule has 0 fully saturated rings. The summed E-state index contributed by atoms with van der Waals surface area (Å²) < 4.78 is 6.06. The topological polar surface area (TPSA) is 9.23 Å². The Balaban J connectivity index is 1.79. The molecule has 0 aromatic heterocycles. The second kappa shape index (κ2) is 6.61. The summed E-state index contributed by atoms with van der Waals surface area (Å²) in [4.78, 5) is 0. The van der Waals surface area contributed by atoms with E-state index in [1.807, 2.05) is 0 Å². The van der Waals surface area contributed by atoms with Crippen LogP contribution >= 0.6 is 0 Å². The summed E-state index contributed by atoms with van der Waals surface area (Å²) >= 11 is 0. The molecule has 1 nitrogen and oxygen atoms in total. The summed E-state index contributed by atoms with van der Waals surface area (Å²) in [6, 6.07) is 10.7. The third-order valence-corrected chi connectivity index (χ3v) is 3.29. The van der Waals surface area contributed by atoms with E-state index in [1.165, 1.54) is 18.4 Å². The number of aryl methyl sites for hydroxylation is 1. The summed E-state index contributed by atoms with van der Waals surface area (Å²) in [5.74, 6) is 0. The molecule has 0 spiro atoms. The lowest BCUT2D eigenvalue weighted by Gasteiger charge is -2.25. The zero-order chi connectivity index (χ0) is 11.9. The highest BCUT2D eigenvalue weighted by Gasteiger charge is 2.16. The second-order valence-corrected chi connectivity index (χ2v) is 4.77. The first kappa shape index (κ1) is 12.4. The van der Waals surface area contributed by atoms with Crippen LogP contribution in [0.15, 0.2) is 42.5 Å². The van der Waals surface area contributed by atoms with Gasteiger partial charge in [-0.2, -0.15) is 0 Å². The molecule has 1 aromatic carbocycles. The molecule has 0 unspecified atom stereocenters. The molecule has 0 amide bonds. The van der Waals surface area contributed by atoms with Gasteiger partial charge in [0.2, 0.25) is 0 Å². The van der Waals surface area contributed by atoms with Gasteiger partial charge in [0, 0.05) is 0 Å². The van der Waals surface area contributed by atoms with Gasteiger partial charge in [-0.15, -0.1) is 0 Å². The summed E-state index contributed by atoms with van der Waals surface area (Å²) in [5.41, 5.74) is 1.40. The fraction of sp³-hybridized carbons (Fsp3) is 0.500. The van der Waals surface area contributed by atoms with Crippen molar-refractivity contribution in [2.75, 3.05) is 0 Å². The van der Waals surface area contributed by atoms with Gasteiger partial charge in [-0.25, -0.2) is 0 Å². The first-order chi connectivity index (χ1) is 8.38. The molecule has 1 heterocycles. The van der Waals surface area contributed by atoms with Crippen LogP contribution in [-0.4, -0.2) is 12.2 Å². The lowest BCUT2D eigenvalue weighted by atomic mass is 10.0. The van der Waals surface area contributed by atoms with Crippen LogP contribution in [-0.2, 0) is 11.2 Å². The van der Waals surface area contributed by atoms with E-state index in [0.29, 0.717) is 12.2 Å². The molecule has 0 aliphatic carbocycles. The first-order valence-electron chi connectivity index (χ1n) is 6.74. The van der Waals surface area contributed by atoms with Crippen LogP contribution in [0.3, 0.4) is 0 Å². The lowest BCUT2D eigenvalue weighted by Crippen LogP contribution is -2.24. The van der Waals surface area contributed by atoms with Gasteiger partial charge in [-0.1, -0.05) is 55.8 Å². The smallest absolute Gasteiger partial charge is 0.0762 e. The summed E-state index contributed by atoms with van der Waals surface area (Å²) in [5, 5.41) is 0. The van der Waals surface area contributed by atoms with Crippen molar-refractivity contribution in [1.29, 1.82) is 0 Å². The Labute approximate surface area is 104 Å². The third-order valence-electron chi connectivity index (χ3n) is 3.29. The molecule has 2 atom stereocenters. The van der Waals surface area contributed by atoms with Gasteiger partial charge in [-0.3, -0.25) is 0 Å². The molecule has 1 aromatic rings. The van der Waals surface area contributed by atoms with Gasteiger partial charge in [0.15, 0.2) is 0 Å². The molecule has 17 heavy (non-hydrogen) atoms. The fourth-order valence-electron chi connectivity index (χ4n) is 2.36. The van der Waals surface area contributed by atoms with Crippen LogP contribution in [0.2, 0.25) is 0 Å². The first-order valence-corrected chi connectivity index (χ1v) is 6.74. The SMILES string of the molecule is CCC[C@@H]1CC=C[C@H](CCc2ccccc2)O1. The van der Waals surface area contributed by atoms with Crippen molar-refractivity contribution in [3.05, 3.63) is 48.0 Å². The van der Waals surface area contributed by atoms with E-state index in [4.69, 9.17) is 4.74 Å². The van der Waals surface area contributed by atoms with E-state index in [0.717, 1.165) is 19.3 Å². The van der Waals surface area contributed by atoms with Crippen LogP contribution < -0.4 is 0 Å². The number of benzene rings is 1. The average Bonchev–Trinajstić information content (AvgIpc) is 2.39. The maximum Gasteiger partial charge on any atom is 0.0762 e. The van der Waals surface area contributed by atoms with Crippen molar-refractivity contribution >= 4 is 0 Å². The standard InChI is InChI=1S/C16H22O/c1-2-7-15-10-6-11-16(17-15)13-12-14-8-4-3-5-9-14/h3-6,8-9,11,15-16H,2,7,10,12-13H2,1H3/t15-,16-/m1/s1. The van der Waals surface area contributed by atoms with Gasteiger partial charge in [0.05, 0.1) is 12.2 Å². The van der Waals surface area contributed by atoms with Gasteiger partial charge >= 0.3 is 0 Å². The molecular weight excluding hydrogens is 208 g/mol. The number of ether oxygens (including phenoxy) is 1. The predicted molar refractivity (Wildman–Crippen MR) is 72.1 cm³/mol. The van der Waals surface area contributed by atoms with E-state index in [1.54, 1.807) is 0 Å². The Morgan fingerprint density at radius 1 is 1.18 bits per heavy atom. The quantitative estimate of drug-likeness (QED) is 0.691. The molecular formula is C16H22O.